The molecule has 0 radical (unpaired) electrons. The minimum absolute atomic E-state index is 0.0397. The van der Waals surface area contributed by atoms with E-state index in [4.69, 9.17) is 9.52 Å². The van der Waals surface area contributed by atoms with Crippen molar-refractivity contribution < 1.29 is 32.3 Å². The number of hydrogen-bond donors (Lipinski definition) is 2. The molecule has 9 heteroatoms. The molecule has 0 unspecified atom stereocenters. The Morgan fingerprint density at radius 3 is 2.58 bits per heavy atom. The molecule has 2 N–H and O–H groups in total. The highest BCUT2D eigenvalue weighted by Crippen LogP contribution is 2.14. The molecule has 0 aliphatic rings. The summed E-state index contributed by atoms with van der Waals surface area (Å²) in [6.07, 6.45) is 0. The Kier molecular flexibility index (Phi) is 4.67. The average Bonchev–Trinajstić information content (AvgIpc) is 2.67. The summed E-state index contributed by atoms with van der Waals surface area (Å²) < 4.78 is 34.3. The molecule has 106 valence electrons. The number of hydrogen-bond acceptors (Lipinski definition) is 6. The number of methoxy groups -OCH3 is 1. The van der Waals surface area contributed by atoms with Gasteiger partial charge in [-0.05, 0) is 13.0 Å². The van der Waals surface area contributed by atoms with Gasteiger partial charge < -0.3 is 14.3 Å². The summed E-state index contributed by atoms with van der Waals surface area (Å²) in [7, 11) is -2.77. The molecular weight excluding hydrogens is 278 g/mol. The van der Waals surface area contributed by atoms with Gasteiger partial charge in [0.1, 0.15) is 17.1 Å². The third-order valence-electron chi connectivity index (χ3n) is 2.20. The van der Waals surface area contributed by atoms with Crippen molar-refractivity contribution in [2.24, 2.45) is 0 Å². The summed E-state index contributed by atoms with van der Waals surface area (Å²) in [5.41, 5.74) is -0.0397. The topological polar surface area (TPSA) is 123 Å². The van der Waals surface area contributed by atoms with Gasteiger partial charge in [0.2, 0.25) is 10.0 Å². The SMILES string of the molecule is COC(=O)CS(=O)(=O)NCc1cc(C(=O)O)c(C)o1. The molecule has 0 fully saturated rings. The van der Waals surface area contributed by atoms with Crippen LogP contribution >= 0.6 is 0 Å². The van der Waals surface area contributed by atoms with E-state index >= 15 is 0 Å². The highest BCUT2D eigenvalue weighted by molar-refractivity contribution is 7.90. The molecule has 0 saturated heterocycles. The van der Waals surface area contributed by atoms with Crippen LogP contribution in [0.4, 0.5) is 0 Å². The maximum atomic E-state index is 11.4. The fourth-order valence-electron chi connectivity index (χ4n) is 1.29. The lowest BCUT2D eigenvalue weighted by molar-refractivity contribution is -0.137. The average molecular weight is 291 g/mol. The first-order valence-corrected chi connectivity index (χ1v) is 6.77. The molecule has 0 aliphatic heterocycles. The molecular formula is C10H13NO7S. The van der Waals surface area contributed by atoms with Crippen molar-refractivity contribution in [3.8, 4) is 0 Å². The Balaban J connectivity index is 2.69. The number of carbonyl (C=O) groups is 2. The van der Waals surface area contributed by atoms with E-state index in [-0.39, 0.29) is 23.6 Å². The van der Waals surface area contributed by atoms with Crippen LogP contribution in [0.25, 0.3) is 0 Å². The highest BCUT2D eigenvalue weighted by atomic mass is 32.2. The van der Waals surface area contributed by atoms with Crippen LogP contribution in [0.1, 0.15) is 21.9 Å². The summed E-state index contributed by atoms with van der Waals surface area (Å²) in [6, 6.07) is 1.22. The normalized spacial score (nSPS) is 11.3. The van der Waals surface area contributed by atoms with E-state index in [1.807, 2.05) is 0 Å². The lowest BCUT2D eigenvalue weighted by Gasteiger charge is -2.03. The molecule has 0 bridgehead atoms. The Bertz CT molecular complexity index is 587. The van der Waals surface area contributed by atoms with Crippen LogP contribution in [-0.4, -0.2) is 38.3 Å². The van der Waals surface area contributed by atoms with Gasteiger partial charge in [0.25, 0.3) is 0 Å². The van der Waals surface area contributed by atoms with Crippen molar-refractivity contribution in [3.63, 3.8) is 0 Å². The van der Waals surface area contributed by atoms with E-state index in [0.29, 0.717) is 0 Å². The lowest BCUT2D eigenvalue weighted by atomic mass is 10.2. The number of ether oxygens (including phenoxy) is 1. The number of aryl methyl sites for hydroxylation is 1. The van der Waals surface area contributed by atoms with Crippen LogP contribution < -0.4 is 4.72 Å². The minimum Gasteiger partial charge on any atom is -0.478 e. The second-order valence-electron chi connectivity index (χ2n) is 3.64. The van der Waals surface area contributed by atoms with Crippen LogP contribution in [0.15, 0.2) is 10.5 Å². The molecule has 19 heavy (non-hydrogen) atoms. The fraction of sp³-hybridized carbons (Fsp3) is 0.400. The van der Waals surface area contributed by atoms with Crippen molar-refractivity contribution in [1.29, 1.82) is 0 Å². The van der Waals surface area contributed by atoms with Gasteiger partial charge in [-0.3, -0.25) is 4.79 Å². The summed E-state index contributed by atoms with van der Waals surface area (Å²) in [5.74, 6) is -2.55. The number of carboxylic acids is 1. The number of sulfonamides is 1. The first-order valence-electron chi connectivity index (χ1n) is 5.12. The van der Waals surface area contributed by atoms with Crippen molar-refractivity contribution in [2.45, 2.75) is 13.5 Å². The predicted octanol–water partition coefficient (Wildman–Crippen LogP) is -0.121. The maximum absolute atomic E-state index is 11.4. The molecule has 0 spiro atoms. The minimum atomic E-state index is -3.85. The molecule has 0 aromatic carbocycles. The zero-order valence-corrected chi connectivity index (χ0v) is 11.1. The summed E-state index contributed by atoms with van der Waals surface area (Å²) in [5, 5.41) is 8.80. The Hall–Kier alpha value is -1.87. The lowest BCUT2D eigenvalue weighted by Crippen LogP contribution is -2.30. The van der Waals surface area contributed by atoms with Crippen LogP contribution in [-0.2, 0) is 26.1 Å². The first-order chi connectivity index (χ1) is 8.75. The van der Waals surface area contributed by atoms with Crippen LogP contribution in [0, 0.1) is 6.92 Å². The molecule has 1 aromatic rings. The van der Waals surface area contributed by atoms with E-state index in [1.54, 1.807) is 0 Å². The van der Waals surface area contributed by atoms with Gasteiger partial charge in [-0.1, -0.05) is 0 Å². The monoisotopic (exact) mass is 291 g/mol. The summed E-state index contributed by atoms with van der Waals surface area (Å²) in [4.78, 5) is 21.6. The van der Waals surface area contributed by atoms with Crippen molar-refractivity contribution in [3.05, 3.63) is 23.2 Å². The molecule has 8 nitrogen and oxygen atoms in total. The van der Waals surface area contributed by atoms with Gasteiger partial charge in [0.05, 0.1) is 13.7 Å². The highest BCUT2D eigenvalue weighted by Gasteiger charge is 2.19. The largest absolute Gasteiger partial charge is 0.478 e. The summed E-state index contributed by atoms with van der Waals surface area (Å²) >= 11 is 0. The van der Waals surface area contributed by atoms with Crippen LogP contribution in [0.5, 0.6) is 0 Å². The smallest absolute Gasteiger partial charge is 0.339 e. The van der Waals surface area contributed by atoms with Gasteiger partial charge in [-0.15, -0.1) is 0 Å². The van der Waals surface area contributed by atoms with E-state index < -0.39 is 27.7 Å². The number of furan rings is 1. The maximum Gasteiger partial charge on any atom is 0.339 e. The van der Waals surface area contributed by atoms with Gasteiger partial charge in [0, 0.05) is 0 Å². The van der Waals surface area contributed by atoms with Crippen molar-refractivity contribution in [2.75, 3.05) is 12.9 Å². The molecule has 0 aliphatic carbocycles. The van der Waals surface area contributed by atoms with E-state index in [9.17, 15) is 18.0 Å². The van der Waals surface area contributed by atoms with Gasteiger partial charge >= 0.3 is 11.9 Å². The zero-order chi connectivity index (χ0) is 14.6. The standard InChI is InChI=1S/C10H13NO7S/c1-6-8(10(13)14)3-7(18-6)4-11-19(15,16)5-9(12)17-2/h3,11H,4-5H2,1-2H3,(H,13,14). The summed E-state index contributed by atoms with van der Waals surface area (Å²) in [6.45, 7) is 1.21. The Labute approximate surface area is 109 Å². The third-order valence-corrected chi connectivity index (χ3v) is 3.40. The molecule has 0 saturated carbocycles. The molecule has 1 aromatic heterocycles. The van der Waals surface area contributed by atoms with Crippen molar-refractivity contribution in [1.82, 2.24) is 4.72 Å². The first kappa shape index (κ1) is 15.2. The number of aromatic carboxylic acids is 1. The van der Waals surface area contributed by atoms with Gasteiger partial charge in [-0.25, -0.2) is 17.9 Å². The van der Waals surface area contributed by atoms with E-state index in [1.165, 1.54) is 13.0 Å². The Morgan fingerprint density at radius 1 is 1.47 bits per heavy atom. The Morgan fingerprint density at radius 2 is 2.11 bits per heavy atom. The van der Waals surface area contributed by atoms with E-state index in [2.05, 4.69) is 9.46 Å². The number of carbonyl (C=O) groups excluding carboxylic acids is 1. The van der Waals surface area contributed by atoms with Crippen LogP contribution in [0.3, 0.4) is 0 Å². The second-order valence-corrected chi connectivity index (χ2v) is 5.45. The molecule has 1 rings (SSSR count). The molecule has 0 atom stereocenters. The van der Waals surface area contributed by atoms with Crippen LogP contribution in [0.2, 0.25) is 0 Å². The number of carboxylic acid groups (broad SMARTS) is 1. The van der Waals surface area contributed by atoms with E-state index in [0.717, 1.165) is 7.11 Å². The van der Waals surface area contributed by atoms with Gasteiger partial charge in [-0.2, -0.15) is 0 Å². The molecule has 0 amide bonds. The quantitative estimate of drug-likeness (QED) is 0.700. The predicted molar refractivity (Wildman–Crippen MR) is 63.0 cm³/mol. The molecule has 1 heterocycles. The second kappa shape index (κ2) is 5.85. The van der Waals surface area contributed by atoms with Gasteiger partial charge in [0.15, 0.2) is 5.75 Å². The third kappa shape index (κ3) is 4.38. The number of nitrogens with one attached hydrogen (secondary N) is 1. The zero-order valence-electron chi connectivity index (χ0n) is 10.3. The fourth-order valence-corrected chi connectivity index (χ4v) is 2.18. The number of rotatable bonds is 6. The van der Waals surface area contributed by atoms with Crippen molar-refractivity contribution >= 4 is 22.0 Å². The number of esters is 1.